The highest BCUT2D eigenvalue weighted by Crippen LogP contribution is 2.20. The van der Waals surface area contributed by atoms with E-state index in [4.69, 9.17) is 14.6 Å². The van der Waals surface area contributed by atoms with Gasteiger partial charge >= 0.3 is 0 Å². The number of nitrogens with zero attached hydrogens (tertiary/aromatic N) is 2. The summed E-state index contributed by atoms with van der Waals surface area (Å²) >= 11 is 0. The van der Waals surface area contributed by atoms with E-state index in [9.17, 15) is 0 Å². The van der Waals surface area contributed by atoms with Gasteiger partial charge in [-0.25, -0.2) is 4.98 Å². The second-order valence-electron chi connectivity index (χ2n) is 3.69. The van der Waals surface area contributed by atoms with E-state index < -0.39 is 0 Å². The van der Waals surface area contributed by atoms with Gasteiger partial charge in [0.1, 0.15) is 5.75 Å². The predicted octanol–water partition coefficient (Wildman–Crippen LogP) is 1.91. The minimum Gasteiger partial charge on any atom is -0.437 e. The van der Waals surface area contributed by atoms with Crippen LogP contribution in [0.1, 0.15) is 11.3 Å². The van der Waals surface area contributed by atoms with Crippen LogP contribution in [-0.4, -0.2) is 22.2 Å². The highest BCUT2D eigenvalue weighted by atomic mass is 16.5. The molecule has 0 spiro atoms. The summed E-state index contributed by atoms with van der Waals surface area (Å²) in [6, 6.07) is 7.53. The average Bonchev–Trinajstić information content (AvgIpc) is 2.40. The highest BCUT2D eigenvalue weighted by Gasteiger charge is 2.02. The molecule has 18 heavy (non-hydrogen) atoms. The van der Waals surface area contributed by atoms with Gasteiger partial charge in [0.2, 0.25) is 5.88 Å². The first kappa shape index (κ1) is 12.5. The van der Waals surface area contributed by atoms with Crippen molar-refractivity contribution in [3.8, 4) is 11.6 Å². The lowest BCUT2D eigenvalue weighted by Gasteiger charge is -2.06. The number of hydrogen-bond acceptors (Lipinski definition) is 5. The number of ether oxygens (including phenoxy) is 2. The number of aliphatic hydroxyl groups is 1. The van der Waals surface area contributed by atoms with Gasteiger partial charge in [0.25, 0.3) is 0 Å². The van der Waals surface area contributed by atoms with E-state index in [2.05, 4.69) is 9.97 Å². The van der Waals surface area contributed by atoms with Gasteiger partial charge in [-0.2, -0.15) is 0 Å². The number of methoxy groups -OCH3 is 1. The molecule has 0 saturated heterocycles. The molecule has 94 valence electrons. The quantitative estimate of drug-likeness (QED) is 0.873. The van der Waals surface area contributed by atoms with Crippen molar-refractivity contribution in [3.05, 3.63) is 47.9 Å². The third kappa shape index (κ3) is 3.26. The molecule has 5 nitrogen and oxygen atoms in total. The zero-order valence-electron chi connectivity index (χ0n) is 10.0. The summed E-state index contributed by atoms with van der Waals surface area (Å²) in [5, 5.41) is 8.97. The van der Waals surface area contributed by atoms with Gasteiger partial charge in [-0.3, -0.25) is 4.98 Å². The smallest absolute Gasteiger partial charge is 0.238 e. The number of aliphatic hydroxyl groups excluding tert-OH is 1. The van der Waals surface area contributed by atoms with Crippen LogP contribution in [0.25, 0.3) is 0 Å². The largest absolute Gasteiger partial charge is 0.437 e. The fourth-order valence-electron chi connectivity index (χ4n) is 1.50. The van der Waals surface area contributed by atoms with Gasteiger partial charge in [0.15, 0.2) is 0 Å². The predicted molar refractivity (Wildman–Crippen MR) is 65.2 cm³/mol. The van der Waals surface area contributed by atoms with Crippen molar-refractivity contribution < 1.29 is 14.6 Å². The second kappa shape index (κ2) is 6.09. The molecule has 0 bridgehead atoms. The highest BCUT2D eigenvalue weighted by molar-refractivity contribution is 5.30. The van der Waals surface area contributed by atoms with Crippen LogP contribution in [-0.2, 0) is 18.0 Å². The molecule has 0 fully saturated rings. The standard InChI is InChI=1S/C13H14N2O3/c1-17-9-10-3-2-4-12(5-10)18-13-7-14-6-11(8-16)15-13/h2-7,16H,8-9H2,1H3. The molecule has 2 rings (SSSR count). The maximum atomic E-state index is 8.97. The minimum absolute atomic E-state index is 0.159. The van der Waals surface area contributed by atoms with Crippen molar-refractivity contribution in [1.29, 1.82) is 0 Å². The SMILES string of the molecule is COCc1cccc(Oc2cncc(CO)n2)c1. The van der Waals surface area contributed by atoms with E-state index >= 15 is 0 Å². The van der Waals surface area contributed by atoms with Crippen LogP contribution in [0.2, 0.25) is 0 Å². The van der Waals surface area contributed by atoms with Crippen molar-refractivity contribution in [3.63, 3.8) is 0 Å². The fourth-order valence-corrected chi connectivity index (χ4v) is 1.50. The molecule has 0 aliphatic rings. The topological polar surface area (TPSA) is 64.5 Å². The zero-order valence-corrected chi connectivity index (χ0v) is 10.0. The molecule has 2 aromatic rings. The van der Waals surface area contributed by atoms with Crippen molar-refractivity contribution in [1.82, 2.24) is 9.97 Å². The summed E-state index contributed by atoms with van der Waals surface area (Å²) in [6.45, 7) is 0.369. The summed E-state index contributed by atoms with van der Waals surface area (Å²) in [5.74, 6) is 1.02. The summed E-state index contributed by atoms with van der Waals surface area (Å²) in [7, 11) is 1.64. The molecular formula is C13H14N2O3. The van der Waals surface area contributed by atoms with Crippen molar-refractivity contribution in [2.75, 3.05) is 7.11 Å². The van der Waals surface area contributed by atoms with Crippen LogP contribution in [0.5, 0.6) is 11.6 Å². The molecule has 0 radical (unpaired) electrons. The Morgan fingerprint density at radius 2 is 2.17 bits per heavy atom. The number of benzene rings is 1. The normalized spacial score (nSPS) is 10.3. The summed E-state index contributed by atoms with van der Waals surface area (Å²) in [6.07, 6.45) is 3.00. The third-order valence-electron chi connectivity index (χ3n) is 2.26. The van der Waals surface area contributed by atoms with Crippen LogP contribution >= 0.6 is 0 Å². The molecule has 1 aromatic carbocycles. The van der Waals surface area contributed by atoms with Gasteiger partial charge < -0.3 is 14.6 Å². The number of rotatable bonds is 5. The molecule has 0 amide bonds. The molecule has 0 aliphatic heterocycles. The van der Waals surface area contributed by atoms with Crippen molar-refractivity contribution in [2.45, 2.75) is 13.2 Å². The van der Waals surface area contributed by atoms with Gasteiger partial charge in [-0.15, -0.1) is 0 Å². The lowest BCUT2D eigenvalue weighted by atomic mass is 10.2. The lowest BCUT2D eigenvalue weighted by molar-refractivity contribution is 0.184. The molecule has 0 aliphatic carbocycles. The molecule has 0 atom stereocenters. The monoisotopic (exact) mass is 246 g/mol. The molecule has 1 aromatic heterocycles. The first-order valence-corrected chi connectivity index (χ1v) is 5.49. The van der Waals surface area contributed by atoms with Crippen LogP contribution < -0.4 is 4.74 Å². The molecular weight excluding hydrogens is 232 g/mol. The maximum Gasteiger partial charge on any atom is 0.238 e. The van der Waals surface area contributed by atoms with Crippen LogP contribution in [0.15, 0.2) is 36.7 Å². The van der Waals surface area contributed by atoms with E-state index in [0.29, 0.717) is 23.9 Å². The lowest BCUT2D eigenvalue weighted by Crippen LogP contribution is -1.95. The van der Waals surface area contributed by atoms with Crippen LogP contribution in [0, 0.1) is 0 Å². The Labute approximate surface area is 105 Å². The van der Waals surface area contributed by atoms with E-state index in [-0.39, 0.29) is 6.61 Å². The fraction of sp³-hybridized carbons (Fsp3) is 0.231. The first-order valence-electron chi connectivity index (χ1n) is 5.49. The Morgan fingerprint density at radius 3 is 2.94 bits per heavy atom. The summed E-state index contributed by atoms with van der Waals surface area (Å²) in [5.41, 5.74) is 1.49. The Balaban J connectivity index is 2.14. The van der Waals surface area contributed by atoms with Crippen molar-refractivity contribution in [2.24, 2.45) is 0 Å². The Kier molecular flexibility index (Phi) is 4.22. The maximum absolute atomic E-state index is 8.97. The Bertz CT molecular complexity index is 517. The molecule has 5 heteroatoms. The second-order valence-corrected chi connectivity index (χ2v) is 3.69. The zero-order chi connectivity index (χ0) is 12.8. The molecule has 0 saturated carbocycles. The van der Waals surface area contributed by atoms with Gasteiger partial charge in [-0.1, -0.05) is 12.1 Å². The van der Waals surface area contributed by atoms with E-state index in [1.54, 1.807) is 7.11 Å². The summed E-state index contributed by atoms with van der Waals surface area (Å²) in [4.78, 5) is 8.03. The average molecular weight is 246 g/mol. The van der Waals surface area contributed by atoms with E-state index in [1.807, 2.05) is 24.3 Å². The molecule has 1 heterocycles. The number of aromatic nitrogens is 2. The minimum atomic E-state index is -0.159. The van der Waals surface area contributed by atoms with Crippen LogP contribution in [0.4, 0.5) is 0 Å². The Morgan fingerprint density at radius 1 is 1.28 bits per heavy atom. The van der Waals surface area contributed by atoms with Gasteiger partial charge in [0, 0.05) is 7.11 Å². The molecule has 1 N–H and O–H groups in total. The summed E-state index contributed by atoms with van der Waals surface area (Å²) < 4.78 is 10.6. The third-order valence-corrected chi connectivity index (χ3v) is 2.26. The molecule has 0 unspecified atom stereocenters. The van der Waals surface area contributed by atoms with Gasteiger partial charge in [0.05, 0.1) is 31.3 Å². The van der Waals surface area contributed by atoms with Crippen molar-refractivity contribution >= 4 is 0 Å². The first-order chi connectivity index (χ1) is 8.81. The number of hydrogen-bond donors (Lipinski definition) is 1. The van der Waals surface area contributed by atoms with E-state index in [0.717, 1.165) is 5.56 Å². The van der Waals surface area contributed by atoms with Gasteiger partial charge in [-0.05, 0) is 17.7 Å². The Hall–Kier alpha value is -1.98. The van der Waals surface area contributed by atoms with Crippen LogP contribution in [0.3, 0.4) is 0 Å². The van der Waals surface area contributed by atoms with E-state index in [1.165, 1.54) is 12.4 Å².